The third kappa shape index (κ3) is 4.08. The van der Waals surface area contributed by atoms with Gasteiger partial charge in [0.05, 0.1) is 5.69 Å². The van der Waals surface area contributed by atoms with Gasteiger partial charge in [0.15, 0.2) is 0 Å². The highest BCUT2D eigenvalue weighted by molar-refractivity contribution is 5.96. The van der Waals surface area contributed by atoms with E-state index in [4.69, 9.17) is 0 Å². The van der Waals surface area contributed by atoms with Gasteiger partial charge in [0, 0.05) is 22.4 Å². The Labute approximate surface area is 278 Å². The molecule has 4 fully saturated rings. The van der Waals surface area contributed by atoms with Crippen molar-refractivity contribution in [2.75, 3.05) is 4.90 Å². The molecule has 11 rings (SSSR count). The summed E-state index contributed by atoms with van der Waals surface area (Å²) in [6, 6.07) is 56.6. The molecular weight excluding hydrogens is 567 g/mol. The SMILES string of the molecule is c1ccc(-c2cccc(N(c3cccc(-c4ccccc4)c3)c3cccc4c3-c3ccccc3C43C4CC5CC(C4)CC3C5)c2)cc1. The Bertz CT molecular complexity index is 2000. The molecule has 6 aromatic rings. The molecule has 228 valence electrons. The van der Waals surface area contributed by atoms with Crippen molar-refractivity contribution in [1.29, 1.82) is 0 Å². The number of rotatable bonds is 5. The average Bonchev–Trinajstić information content (AvgIpc) is 3.43. The maximum absolute atomic E-state index is 2.55. The van der Waals surface area contributed by atoms with Crippen LogP contribution in [0.1, 0.15) is 43.2 Å². The fraction of sp³-hybridized carbons (Fsp3) is 0.217. The molecule has 1 heteroatoms. The molecule has 0 amide bonds. The van der Waals surface area contributed by atoms with Crippen molar-refractivity contribution in [2.45, 2.75) is 37.5 Å². The fourth-order valence-corrected chi connectivity index (χ4v) is 10.7. The molecule has 0 heterocycles. The molecule has 5 aliphatic rings. The van der Waals surface area contributed by atoms with Gasteiger partial charge in [-0.25, -0.2) is 0 Å². The van der Waals surface area contributed by atoms with Crippen LogP contribution >= 0.6 is 0 Å². The van der Waals surface area contributed by atoms with E-state index in [9.17, 15) is 0 Å². The minimum absolute atomic E-state index is 0.138. The zero-order valence-electron chi connectivity index (χ0n) is 26.7. The maximum atomic E-state index is 2.55. The third-order valence-electron chi connectivity index (χ3n) is 12.2. The molecule has 0 N–H and O–H groups in total. The largest absolute Gasteiger partial charge is 0.310 e. The highest BCUT2D eigenvalue weighted by Crippen LogP contribution is 2.70. The van der Waals surface area contributed by atoms with Gasteiger partial charge in [-0.1, -0.05) is 121 Å². The number of anilines is 3. The van der Waals surface area contributed by atoms with Gasteiger partial charge < -0.3 is 4.90 Å². The Balaban J connectivity index is 1.22. The lowest BCUT2D eigenvalue weighted by Gasteiger charge is -2.61. The average molecular weight is 606 g/mol. The van der Waals surface area contributed by atoms with Crippen LogP contribution in [0.25, 0.3) is 33.4 Å². The van der Waals surface area contributed by atoms with E-state index >= 15 is 0 Å². The molecule has 6 aromatic carbocycles. The first-order valence-corrected chi connectivity index (χ1v) is 17.6. The molecule has 5 aliphatic carbocycles. The Hall–Kier alpha value is -4.88. The van der Waals surface area contributed by atoms with Crippen LogP contribution in [0.15, 0.2) is 152 Å². The highest BCUT2D eigenvalue weighted by atomic mass is 15.1. The van der Waals surface area contributed by atoms with E-state index < -0.39 is 0 Å². The number of hydrogen-bond acceptors (Lipinski definition) is 1. The number of nitrogens with zero attached hydrogens (tertiary/aromatic N) is 1. The van der Waals surface area contributed by atoms with E-state index in [1.54, 1.807) is 11.1 Å². The number of benzene rings is 6. The van der Waals surface area contributed by atoms with E-state index in [1.165, 1.54) is 82.5 Å². The molecular formula is C46H39N. The predicted octanol–water partition coefficient (Wildman–Crippen LogP) is 12.2. The van der Waals surface area contributed by atoms with Crippen molar-refractivity contribution in [2.24, 2.45) is 23.7 Å². The first-order valence-electron chi connectivity index (χ1n) is 17.6. The van der Waals surface area contributed by atoms with Gasteiger partial charge in [0.25, 0.3) is 0 Å². The molecule has 0 aliphatic heterocycles. The second-order valence-corrected chi connectivity index (χ2v) is 14.6. The molecule has 4 saturated carbocycles. The molecule has 47 heavy (non-hydrogen) atoms. The predicted molar refractivity (Wildman–Crippen MR) is 195 cm³/mol. The zero-order chi connectivity index (χ0) is 31.0. The molecule has 0 saturated heterocycles. The van der Waals surface area contributed by atoms with Crippen molar-refractivity contribution in [3.63, 3.8) is 0 Å². The Kier molecular flexibility index (Phi) is 6.13. The van der Waals surface area contributed by atoms with Crippen LogP contribution in [-0.4, -0.2) is 0 Å². The lowest BCUT2D eigenvalue weighted by molar-refractivity contribution is -0.0399. The van der Waals surface area contributed by atoms with Crippen molar-refractivity contribution in [3.8, 4) is 33.4 Å². The second-order valence-electron chi connectivity index (χ2n) is 14.6. The van der Waals surface area contributed by atoms with Crippen LogP contribution in [0.5, 0.6) is 0 Å². The summed E-state index contributed by atoms with van der Waals surface area (Å²) in [5, 5.41) is 0. The number of hydrogen-bond donors (Lipinski definition) is 0. The summed E-state index contributed by atoms with van der Waals surface area (Å²) in [5.41, 5.74) is 14.8. The minimum Gasteiger partial charge on any atom is -0.310 e. The monoisotopic (exact) mass is 605 g/mol. The second kappa shape index (κ2) is 10.6. The first-order chi connectivity index (χ1) is 23.3. The summed E-state index contributed by atoms with van der Waals surface area (Å²) in [7, 11) is 0. The number of fused-ring (bicyclic) bond motifs is 3. The van der Waals surface area contributed by atoms with Gasteiger partial charge in [0.2, 0.25) is 0 Å². The minimum atomic E-state index is 0.138. The van der Waals surface area contributed by atoms with Gasteiger partial charge in [-0.15, -0.1) is 0 Å². The van der Waals surface area contributed by atoms with Crippen LogP contribution in [0.4, 0.5) is 17.1 Å². The van der Waals surface area contributed by atoms with Crippen molar-refractivity contribution >= 4 is 17.1 Å². The van der Waals surface area contributed by atoms with E-state index in [-0.39, 0.29) is 5.41 Å². The molecule has 0 radical (unpaired) electrons. The van der Waals surface area contributed by atoms with E-state index in [0.717, 1.165) is 23.7 Å². The van der Waals surface area contributed by atoms with Gasteiger partial charge >= 0.3 is 0 Å². The lowest BCUT2D eigenvalue weighted by Crippen LogP contribution is -2.55. The van der Waals surface area contributed by atoms with Crippen LogP contribution in [-0.2, 0) is 5.41 Å². The molecule has 1 spiro atoms. The summed E-state index contributed by atoms with van der Waals surface area (Å²) >= 11 is 0. The summed E-state index contributed by atoms with van der Waals surface area (Å²) in [6.07, 6.45) is 7.06. The zero-order valence-corrected chi connectivity index (χ0v) is 26.7. The van der Waals surface area contributed by atoms with Gasteiger partial charge in [-0.05, 0) is 125 Å². The van der Waals surface area contributed by atoms with Gasteiger partial charge in [-0.2, -0.15) is 0 Å². The Morgan fingerprint density at radius 1 is 0.426 bits per heavy atom. The molecule has 0 aromatic heterocycles. The highest BCUT2D eigenvalue weighted by Gasteiger charge is 2.61. The summed E-state index contributed by atoms with van der Waals surface area (Å²) in [6.45, 7) is 0. The van der Waals surface area contributed by atoms with E-state index in [2.05, 4.69) is 157 Å². The smallest absolute Gasteiger partial charge is 0.0543 e. The quantitative estimate of drug-likeness (QED) is 0.189. The van der Waals surface area contributed by atoms with Gasteiger partial charge in [-0.3, -0.25) is 0 Å². The van der Waals surface area contributed by atoms with Crippen LogP contribution in [0, 0.1) is 23.7 Å². The summed E-state index contributed by atoms with van der Waals surface area (Å²) in [5.74, 6) is 3.35. The standard InChI is InChI=1S/C46H39N/c1-3-12-33(13-4-1)35-16-9-18-39(29-35)47(40-19-10-17-36(30-40)34-14-5-2-6-15-34)44-23-11-22-43-45(44)41-20-7-8-21-42(41)46(43)37-25-31-24-32(27-37)28-38(46)26-31/h1-23,29-32,37-38H,24-28H2. The normalized spacial score (nSPS) is 24.7. The molecule has 0 atom stereocenters. The summed E-state index contributed by atoms with van der Waals surface area (Å²) < 4.78 is 0. The summed E-state index contributed by atoms with van der Waals surface area (Å²) in [4.78, 5) is 2.55. The molecule has 1 nitrogen and oxygen atoms in total. The van der Waals surface area contributed by atoms with E-state index in [1.807, 2.05) is 0 Å². The Morgan fingerprint density at radius 3 is 1.51 bits per heavy atom. The van der Waals surface area contributed by atoms with Crippen molar-refractivity contribution in [3.05, 3.63) is 163 Å². The van der Waals surface area contributed by atoms with Crippen molar-refractivity contribution in [1.82, 2.24) is 0 Å². The van der Waals surface area contributed by atoms with Crippen molar-refractivity contribution < 1.29 is 0 Å². The molecule has 4 bridgehead atoms. The van der Waals surface area contributed by atoms with Crippen LogP contribution in [0.2, 0.25) is 0 Å². The third-order valence-corrected chi connectivity index (χ3v) is 12.2. The van der Waals surface area contributed by atoms with Crippen LogP contribution < -0.4 is 4.90 Å². The topological polar surface area (TPSA) is 3.24 Å². The Morgan fingerprint density at radius 2 is 0.915 bits per heavy atom. The molecule has 0 unspecified atom stereocenters. The maximum Gasteiger partial charge on any atom is 0.0543 e. The van der Waals surface area contributed by atoms with E-state index in [0.29, 0.717) is 0 Å². The van der Waals surface area contributed by atoms with Crippen LogP contribution in [0.3, 0.4) is 0 Å². The lowest BCUT2D eigenvalue weighted by atomic mass is 9.43. The fourth-order valence-electron chi connectivity index (χ4n) is 10.7. The van der Waals surface area contributed by atoms with Gasteiger partial charge in [0.1, 0.15) is 0 Å². The first kappa shape index (κ1) is 27.3.